The van der Waals surface area contributed by atoms with E-state index in [1.54, 1.807) is 13.2 Å². The minimum Gasteiger partial charge on any atom is -0.508 e. The Morgan fingerprint density at radius 3 is 2.48 bits per heavy atom. The van der Waals surface area contributed by atoms with Crippen LogP contribution in [0.4, 0.5) is 0 Å². The van der Waals surface area contributed by atoms with Gasteiger partial charge in [-0.05, 0) is 72.4 Å². The molecule has 2 aromatic carbocycles. The molecule has 2 aromatic rings. The van der Waals surface area contributed by atoms with Crippen LogP contribution in [0.15, 0.2) is 47.2 Å². The molecular formula is C31H33NO8. The van der Waals surface area contributed by atoms with Crippen LogP contribution in [0.2, 0.25) is 0 Å². The first kappa shape index (κ1) is 27.5. The Balaban J connectivity index is 1.67. The molecule has 9 heteroatoms. The summed E-state index contributed by atoms with van der Waals surface area (Å²) in [6, 6.07) is 9.10. The Morgan fingerprint density at radius 1 is 1.10 bits per heavy atom. The summed E-state index contributed by atoms with van der Waals surface area (Å²) in [6.07, 6.45) is 1.79. The third kappa shape index (κ3) is 4.07. The summed E-state index contributed by atoms with van der Waals surface area (Å²) in [5.74, 6) is -5.37. The van der Waals surface area contributed by atoms with Gasteiger partial charge in [0.05, 0.1) is 12.7 Å². The number of amides is 1. The summed E-state index contributed by atoms with van der Waals surface area (Å²) in [5.41, 5.74) is 4.94. The zero-order valence-electron chi connectivity index (χ0n) is 22.7. The molecule has 1 amide bonds. The quantitative estimate of drug-likeness (QED) is 0.341. The lowest BCUT2D eigenvalue weighted by Gasteiger charge is -2.46. The summed E-state index contributed by atoms with van der Waals surface area (Å²) < 4.78 is 5.66. The van der Waals surface area contributed by atoms with Crippen molar-refractivity contribution < 1.29 is 39.5 Å². The van der Waals surface area contributed by atoms with Gasteiger partial charge in [-0.25, -0.2) is 0 Å². The second-order valence-electron chi connectivity index (χ2n) is 11.4. The number of aromatic hydroxyl groups is 1. The fraction of sp³-hybridized carbons (Fsp3) is 0.387. The van der Waals surface area contributed by atoms with Gasteiger partial charge in [-0.15, -0.1) is 0 Å². The molecule has 40 heavy (non-hydrogen) atoms. The zero-order chi connectivity index (χ0) is 29.1. The van der Waals surface area contributed by atoms with Crippen molar-refractivity contribution in [3.8, 4) is 22.6 Å². The molecule has 0 bridgehead atoms. The number of phenolic OH excluding ortho intramolecular Hbond substituents is 1. The first-order valence-electron chi connectivity index (χ1n) is 13.4. The molecule has 0 aliphatic heterocycles. The van der Waals surface area contributed by atoms with E-state index in [2.05, 4.69) is 13.8 Å². The van der Waals surface area contributed by atoms with Crippen LogP contribution in [-0.2, 0) is 27.2 Å². The van der Waals surface area contributed by atoms with Crippen molar-refractivity contribution in [2.75, 3.05) is 7.11 Å². The number of benzene rings is 2. The highest BCUT2D eigenvalue weighted by atomic mass is 16.5. The molecule has 6 N–H and O–H groups in total. The van der Waals surface area contributed by atoms with Crippen molar-refractivity contribution in [2.45, 2.75) is 51.6 Å². The number of fused-ring (bicyclic) bond motifs is 3. The number of aliphatic hydroxyl groups is 3. The van der Waals surface area contributed by atoms with Gasteiger partial charge >= 0.3 is 0 Å². The van der Waals surface area contributed by atoms with Gasteiger partial charge in [-0.1, -0.05) is 26.0 Å². The predicted molar refractivity (Wildman–Crippen MR) is 147 cm³/mol. The summed E-state index contributed by atoms with van der Waals surface area (Å²) in [5, 5.41) is 44.4. The van der Waals surface area contributed by atoms with Gasteiger partial charge in [-0.3, -0.25) is 14.4 Å². The highest BCUT2D eigenvalue weighted by Gasteiger charge is 2.60. The minimum absolute atomic E-state index is 0.0549. The van der Waals surface area contributed by atoms with Crippen LogP contribution >= 0.6 is 0 Å². The molecule has 0 spiro atoms. The Hall–Kier alpha value is -4.11. The first-order valence-corrected chi connectivity index (χ1v) is 13.4. The molecule has 5 rings (SSSR count). The first-order chi connectivity index (χ1) is 18.9. The van der Waals surface area contributed by atoms with Crippen molar-refractivity contribution in [1.29, 1.82) is 0 Å². The number of rotatable bonds is 6. The number of ether oxygens (including phenoxy) is 1. The number of phenols is 1. The number of methoxy groups -OCH3 is 1. The summed E-state index contributed by atoms with van der Waals surface area (Å²) >= 11 is 0. The fourth-order valence-electron chi connectivity index (χ4n) is 6.45. The highest BCUT2D eigenvalue weighted by molar-refractivity contribution is 6.22. The lowest BCUT2D eigenvalue weighted by molar-refractivity contribution is -0.147. The predicted octanol–water partition coefficient (Wildman–Crippen LogP) is 3.69. The maximum Gasteiger partial charge on any atom is 0.255 e. The van der Waals surface area contributed by atoms with Crippen LogP contribution in [0.5, 0.6) is 11.5 Å². The van der Waals surface area contributed by atoms with Crippen molar-refractivity contribution in [1.82, 2.24) is 0 Å². The molecule has 0 unspecified atom stereocenters. The molecule has 3 aliphatic rings. The van der Waals surface area contributed by atoms with Crippen LogP contribution in [0, 0.1) is 17.8 Å². The van der Waals surface area contributed by atoms with E-state index in [9.17, 15) is 34.8 Å². The maximum absolute atomic E-state index is 13.7. The van der Waals surface area contributed by atoms with E-state index < -0.39 is 52.0 Å². The van der Waals surface area contributed by atoms with Gasteiger partial charge < -0.3 is 30.9 Å². The number of hydrogen-bond donors (Lipinski definition) is 5. The normalized spacial score (nSPS) is 24.1. The third-order valence-corrected chi connectivity index (χ3v) is 8.51. The number of hydrogen-bond acceptors (Lipinski definition) is 8. The average molecular weight is 548 g/mol. The van der Waals surface area contributed by atoms with E-state index in [4.69, 9.17) is 10.5 Å². The van der Waals surface area contributed by atoms with Crippen LogP contribution < -0.4 is 10.5 Å². The van der Waals surface area contributed by atoms with Gasteiger partial charge in [0.2, 0.25) is 5.78 Å². The summed E-state index contributed by atoms with van der Waals surface area (Å²) in [7, 11) is 1.57. The Bertz CT molecular complexity index is 1520. The maximum atomic E-state index is 13.7. The molecule has 0 heterocycles. The van der Waals surface area contributed by atoms with E-state index >= 15 is 0 Å². The van der Waals surface area contributed by atoms with E-state index in [1.165, 1.54) is 6.07 Å². The van der Waals surface area contributed by atoms with E-state index in [-0.39, 0.29) is 36.1 Å². The summed E-state index contributed by atoms with van der Waals surface area (Å²) in [4.78, 5) is 38.2. The Labute approximate surface area is 231 Å². The molecule has 9 nitrogen and oxygen atoms in total. The van der Waals surface area contributed by atoms with Gasteiger partial charge in [0.25, 0.3) is 5.91 Å². The Morgan fingerprint density at radius 2 is 1.82 bits per heavy atom. The van der Waals surface area contributed by atoms with Crippen LogP contribution in [0.25, 0.3) is 16.9 Å². The van der Waals surface area contributed by atoms with Crippen molar-refractivity contribution in [3.05, 3.63) is 63.9 Å². The van der Waals surface area contributed by atoms with Gasteiger partial charge in [0.15, 0.2) is 11.4 Å². The second-order valence-corrected chi connectivity index (χ2v) is 11.4. The highest BCUT2D eigenvalue weighted by Crippen LogP contribution is 2.53. The summed E-state index contributed by atoms with van der Waals surface area (Å²) in [6.45, 7) is 4.31. The topological polar surface area (TPSA) is 167 Å². The van der Waals surface area contributed by atoms with Gasteiger partial charge in [0, 0.05) is 23.5 Å². The monoisotopic (exact) mass is 547 g/mol. The number of Topliss-reactive ketones (excluding diaryl/α,β-unsaturated/α-hetero) is 2. The second kappa shape index (κ2) is 9.82. The molecular weight excluding hydrogens is 514 g/mol. The van der Waals surface area contributed by atoms with Crippen molar-refractivity contribution in [3.63, 3.8) is 0 Å². The number of aryl methyl sites for hydroxylation is 1. The SMILES string of the molecule is COc1ccc(CCC(C)C)cc1-c1ccc(O)c2c1C[C@H]1C[C@H]3CC(=O)C(C(N)=O)=C(O)[C@@]3(O)C(=O)C1=C2O. The number of carbonyl (C=O) groups is 3. The van der Waals surface area contributed by atoms with Crippen LogP contribution in [-0.4, -0.2) is 50.6 Å². The zero-order valence-corrected chi connectivity index (χ0v) is 22.7. The molecule has 3 atom stereocenters. The van der Waals surface area contributed by atoms with Crippen molar-refractivity contribution >= 4 is 23.2 Å². The van der Waals surface area contributed by atoms with Crippen LogP contribution in [0.1, 0.15) is 49.8 Å². The number of carbonyl (C=O) groups excluding carboxylic acids is 3. The van der Waals surface area contributed by atoms with Gasteiger partial charge in [0.1, 0.15) is 28.6 Å². The Kier molecular flexibility index (Phi) is 6.74. The molecule has 1 saturated carbocycles. The number of nitrogens with two attached hydrogens (primary N) is 1. The molecule has 210 valence electrons. The number of aliphatic hydroxyl groups excluding tert-OH is 2. The fourth-order valence-corrected chi connectivity index (χ4v) is 6.45. The number of ketones is 2. The van der Waals surface area contributed by atoms with E-state index in [0.717, 1.165) is 24.0 Å². The lowest BCUT2D eigenvalue weighted by atomic mass is 9.59. The minimum atomic E-state index is -2.59. The van der Waals surface area contributed by atoms with Gasteiger partial charge in [-0.2, -0.15) is 0 Å². The number of primary amides is 1. The largest absolute Gasteiger partial charge is 0.508 e. The smallest absolute Gasteiger partial charge is 0.255 e. The van der Waals surface area contributed by atoms with E-state index in [1.807, 2.05) is 18.2 Å². The lowest BCUT2D eigenvalue weighted by Crippen LogP contribution is -2.58. The molecule has 0 radical (unpaired) electrons. The average Bonchev–Trinajstić information content (AvgIpc) is 2.89. The third-order valence-electron chi connectivity index (χ3n) is 8.51. The molecule has 0 aromatic heterocycles. The standard InChI is InChI=1S/C31H33NO8/c1-14(2)4-5-15-6-9-23(40-3)19(10-15)18-7-8-21(33)25-20(18)12-16-11-17-13-22(34)26(30(32)38)29(37)31(17,39)28(36)24(16)27(25)35/h6-10,14,16-17,33,35,37,39H,4-5,11-13H2,1-3H3,(H2,32,38)/t16-,17+,31+/m1/s1. The molecule has 0 saturated heterocycles. The van der Waals surface area contributed by atoms with Crippen molar-refractivity contribution in [2.24, 2.45) is 23.5 Å². The van der Waals surface area contributed by atoms with Crippen LogP contribution in [0.3, 0.4) is 0 Å². The van der Waals surface area contributed by atoms with E-state index in [0.29, 0.717) is 22.8 Å². The molecule has 3 aliphatic carbocycles. The molecule has 1 fully saturated rings.